The number of hydrogen-bond acceptors (Lipinski definition) is 3. The number of ether oxygens (including phenoxy) is 1. The van der Waals surface area contributed by atoms with Crippen LogP contribution in [-0.2, 0) is 13.2 Å². The van der Waals surface area contributed by atoms with E-state index in [1.54, 1.807) is 4.68 Å². The van der Waals surface area contributed by atoms with Gasteiger partial charge in [0.05, 0.1) is 0 Å². The third kappa shape index (κ3) is 5.09. The van der Waals surface area contributed by atoms with Gasteiger partial charge in [-0.05, 0) is 25.5 Å². The van der Waals surface area contributed by atoms with Crippen molar-refractivity contribution < 1.29 is 69.1 Å². The van der Waals surface area contributed by atoms with Crippen molar-refractivity contribution in [2.45, 2.75) is 33.4 Å². The molecule has 2 aromatic rings. The van der Waals surface area contributed by atoms with Gasteiger partial charge >= 0.3 is 58.4 Å². The molecule has 0 aliphatic rings. The van der Waals surface area contributed by atoms with Crippen LogP contribution in [0.1, 0.15) is 24.7 Å². The molecule has 0 amide bonds. The molecule has 0 N–H and O–H groups in total. The molecule has 0 aliphatic heterocycles. The first kappa shape index (κ1) is 19.7. The fraction of sp³-hybridized carbons (Fsp3) is 0.385. The maximum absolute atomic E-state index is 12.7. The molecule has 1 aromatic heterocycles. The molecule has 0 bridgehead atoms. The van der Waals surface area contributed by atoms with Gasteiger partial charge in [0.1, 0.15) is 18.7 Å². The van der Waals surface area contributed by atoms with Crippen LogP contribution in [0.25, 0.3) is 0 Å². The van der Waals surface area contributed by atoms with Gasteiger partial charge in [-0.1, -0.05) is 18.6 Å². The van der Waals surface area contributed by atoms with Gasteiger partial charge < -0.3 is 17.7 Å². The number of nitrogens with zero attached hydrogens (tertiary/aromatic N) is 3. The van der Waals surface area contributed by atoms with Gasteiger partial charge in [0.15, 0.2) is 5.82 Å². The third-order valence-electron chi connectivity index (χ3n) is 3.09. The van der Waals surface area contributed by atoms with Crippen LogP contribution in [0.3, 0.4) is 0 Å². The van der Waals surface area contributed by atoms with Crippen molar-refractivity contribution in [2.24, 2.45) is 0 Å². The van der Waals surface area contributed by atoms with E-state index in [0.717, 1.165) is 19.0 Å². The van der Waals surface area contributed by atoms with E-state index in [0.29, 0.717) is 11.6 Å². The fourth-order valence-corrected chi connectivity index (χ4v) is 2.05. The number of aromatic nitrogens is 3. The van der Waals surface area contributed by atoms with Gasteiger partial charge in [-0.3, -0.25) is 0 Å². The maximum atomic E-state index is 12.7. The zero-order valence-electron chi connectivity index (χ0n) is 12.9. The minimum absolute atomic E-state index is 0. The van der Waals surface area contributed by atoms with E-state index in [2.05, 4.69) is 10.1 Å². The van der Waals surface area contributed by atoms with Crippen LogP contribution in [0, 0.1) is 6.92 Å². The van der Waals surface area contributed by atoms with Crippen LogP contribution >= 0.6 is 0 Å². The van der Waals surface area contributed by atoms with E-state index in [4.69, 9.17) is 4.74 Å². The van der Waals surface area contributed by atoms with Crippen LogP contribution in [0.15, 0.2) is 24.5 Å². The van der Waals surface area contributed by atoms with Crippen LogP contribution in [0.5, 0.6) is 5.75 Å². The smallest absolute Gasteiger partial charge is 0.486 e. The van der Waals surface area contributed by atoms with Gasteiger partial charge in [0, 0.05) is 6.54 Å². The second kappa shape index (κ2) is 8.49. The second-order valence-electron chi connectivity index (χ2n) is 4.78. The number of hydrogen-bond donors (Lipinski definition) is 0. The summed E-state index contributed by atoms with van der Waals surface area (Å²) in [7, 11) is 0. The van der Waals surface area contributed by atoms with Crippen molar-refractivity contribution in [1.29, 1.82) is 0 Å². The molecule has 0 aliphatic carbocycles. The molecule has 114 valence electrons. The van der Waals surface area contributed by atoms with Gasteiger partial charge in [-0.2, -0.15) is 5.10 Å². The van der Waals surface area contributed by atoms with E-state index >= 15 is 0 Å². The minimum atomic E-state index is -4.99. The molecule has 4 nitrogen and oxygen atoms in total. The molecule has 9 heteroatoms. The molecule has 0 atom stereocenters. The molecule has 1 aromatic carbocycles. The summed E-state index contributed by atoms with van der Waals surface area (Å²) in [6.45, 7) is -0.635. The van der Waals surface area contributed by atoms with Gasteiger partial charge in [0.2, 0.25) is 0 Å². The molecule has 0 saturated heterocycles. The van der Waals surface area contributed by atoms with Gasteiger partial charge in [-0.15, -0.1) is 5.46 Å². The summed E-state index contributed by atoms with van der Waals surface area (Å²) in [6.07, 6.45) is 2.35. The monoisotopic (exact) mass is 337 g/mol. The summed E-state index contributed by atoms with van der Waals surface area (Å²) in [5, 5.41) is 4.06. The summed E-state index contributed by atoms with van der Waals surface area (Å²) in [5.41, 5.74) is -0.425. The molecule has 2 rings (SSSR count). The first-order valence-corrected chi connectivity index (χ1v) is 6.71. The molecule has 0 radical (unpaired) electrons. The fourth-order valence-electron chi connectivity index (χ4n) is 2.05. The maximum Gasteiger partial charge on any atom is 1.00 e. The first-order chi connectivity index (χ1) is 9.91. The van der Waals surface area contributed by atoms with Crippen molar-refractivity contribution in [2.75, 3.05) is 0 Å². The van der Waals surface area contributed by atoms with E-state index in [9.17, 15) is 12.9 Å². The molecule has 1 heterocycles. The molecular weight excluding hydrogens is 321 g/mol. The van der Waals surface area contributed by atoms with Crippen LogP contribution < -0.4 is 61.6 Å². The molecule has 0 spiro atoms. The van der Waals surface area contributed by atoms with Gasteiger partial charge in [-0.25, -0.2) is 9.67 Å². The Hall–Kier alpha value is -0.349. The van der Waals surface area contributed by atoms with Crippen LogP contribution in [-0.4, -0.2) is 21.7 Å². The predicted molar refractivity (Wildman–Crippen MR) is 74.5 cm³/mol. The number of halogens is 3. The summed E-state index contributed by atoms with van der Waals surface area (Å²) in [4.78, 5) is 4.08. The topological polar surface area (TPSA) is 39.9 Å². The average Bonchev–Trinajstić information content (AvgIpc) is 2.83. The van der Waals surface area contributed by atoms with Crippen LogP contribution in [0.2, 0.25) is 0 Å². The summed E-state index contributed by atoms with van der Waals surface area (Å²) < 4.78 is 45.4. The molecular formula is C13H16BF3KN3O. The van der Waals surface area contributed by atoms with Crippen molar-refractivity contribution >= 4 is 12.4 Å². The molecule has 0 saturated carbocycles. The Balaban J connectivity index is 0.00000242. The summed E-state index contributed by atoms with van der Waals surface area (Å²) in [6, 6.07) is 3.78. The summed E-state index contributed by atoms with van der Waals surface area (Å²) in [5.74, 6) is 1.04. The van der Waals surface area contributed by atoms with Crippen LogP contribution in [0.4, 0.5) is 12.9 Å². The van der Waals surface area contributed by atoms with Crippen molar-refractivity contribution in [3.8, 4) is 5.75 Å². The van der Waals surface area contributed by atoms with Crippen molar-refractivity contribution in [1.82, 2.24) is 14.8 Å². The van der Waals surface area contributed by atoms with Crippen molar-refractivity contribution in [3.63, 3.8) is 0 Å². The Kier molecular flexibility index (Phi) is 7.60. The van der Waals surface area contributed by atoms with E-state index in [1.165, 1.54) is 25.4 Å². The van der Waals surface area contributed by atoms with E-state index in [-0.39, 0.29) is 63.6 Å². The Bertz CT molecular complexity index is 619. The predicted octanol–water partition coefficient (Wildman–Crippen LogP) is -0.366. The normalized spacial score (nSPS) is 11.1. The zero-order chi connectivity index (χ0) is 15.5. The number of aryl methyl sites for hydroxylation is 2. The molecule has 0 unspecified atom stereocenters. The Labute approximate surface area is 169 Å². The second-order valence-corrected chi connectivity index (χ2v) is 4.78. The Morgan fingerprint density at radius 3 is 2.59 bits per heavy atom. The van der Waals surface area contributed by atoms with Crippen molar-refractivity contribution in [3.05, 3.63) is 35.9 Å². The molecule has 22 heavy (non-hydrogen) atoms. The quantitative estimate of drug-likeness (QED) is 0.676. The Morgan fingerprint density at radius 2 is 2.00 bits per heavy atom. The minimum Gasteiger partial charge on any atom is -0.486 e. The van der Waals surface area contributed by atoms with E-state index in [1.807, 2.05) is 6.92 Å². The molecule has 0 fully saturated rings. The average molecular weight is 337 g/mol. The number of benzene rings is 1. The van der Waals surface area contributed by atoms with Gasteiger partial charge in [0.25, 0.3) is 0 Å². The standard InChI is InChI=1S/C13H16BF3N3O.K/c1-3-6-20-13(18-9-19-20)8-21-11-4-5-12(10(2)7-11)14(15,16)17;/h4-5,7,9H,3,6,8H2,1-2H3;/q-1;+1. The largest absolute Gasteiger partial charge is 1.00 e. The first-order valence-electron chi connectivity index (χ1n) is 6.71. The van der Waals surface area contributed by atoms with E-state index < -0.39 is 12.4 Å². The Morgan fingerprint density at radius 1 is 1.27 bits per heavy atom. The zero-order valence-corrected chi connectivity index (χ0v) is 16.0. The summed E-state index contributed by atoms with van der Waals surface area (Å²) >= 11 is 0. The SMILES string of the molecule is CCCn1ncnc1COc1ccc([B-](F)(F)F)c(C)c1.[K+]. The number of rotatable bonds is 6. The third-order valence-corrected chi connectivity index (χ3v) is 3.09.